The number of benzene rings is 1. The topological polar surface area (TPSA) is 105 Å². The van der Waals surface area contributed by atoms with Gasteiger partial charge in [-0.15, -0.1) is 0 Å². The summed E-state index contributed by atoms with van der Waals surface area (Å²) < 4.78 is 4.68. The molecule has 2 aliphatic rings. The Morgan fingerprint density at radius 1 is 1.09 bits per heavy atom. The predicted octanol–water partition coefficient (Wildman–Crippen LogP) is 2.63. The number of fused-ring (bicyclic) bond motifs is 1. The number of rotatable bonds is 5. The summed E-state index contributed by atoms with van der Waals surface area (Å²) in [6.45, 7) is 5.36. The molecule has 1 aromatic carbocycles. The fourth-order valence-corrected chi connectivity index (χ4v) is 4.63. The molecule has 2 aliphatic heterocycles. The number of carbonyl (C=O) groups is 2. The number of likely N-dealkylation sites (tertiary alicyclic amines) is 1. The minimum absolute atomic E-state index is 0.00567. The Morgan fingerprint density at radius 2 is 1.91 bits per heavy atom. The summed E-state index contributed by atoms with van der Waals surface area (Å²) in [4.78, 5) is 38.8. The highest BCUT2D eigenvalue weighted by atomic mass is 16.6. The normalized spacial score (nSPS) is 18.0. The van der Waals surface area contributed by atoms with Crippen LogP contribution in [0, 0.1) is 13.8 Å². The molecule has 3 aromatic rings. The zero-order valence-corrected chi connectivity index (χ0v) is 18.8. The van der Waals surface area contributed by atoms with Gasteiger partial charge < -0.3 is 4.90 Å². The lowest BCUT2D eigenvalue weighted by molar-refractivity contribution is -0.118. The number of hydrogen-bond acceptors (Lipinski definition) is 7. The zero-order valence-electron chi connectivity index (χ0n) is 18.8. The van der Waals surface area contributed by atoms with Crippen LogP contribution in [0.25, 0.3) is 0 Å². The Morgan fingerprint density at radius 3 is 2.67 bits per heavy atom. The molecular weight excluding hydrogens is 420 g/mol. The smallest absolute Gasteiger partial charge is 0.278 e. The van der Waals surface area contributed by atoms with Gasteiger partial charge in [-0.25, -0.2) is 14.6 Å². The molecule has 0 unspecified atom stereocenters. The summed E-state index contributed by atoms with van der Waals surface area (Å²) in [7, 11) is 0. The van der Waals surface area contributed by atoms with Gasteiger partial charge in [0.25, 0.3) is 5.91 Å². The quantitative estimate of drug-likeness (QED) is 0.593. The van der Waals surface area contributed by atoms with Crippen molar-refractivity contribution in [2.75, 3.05) is 24.5 Å². The number of nitrogens with zero attached hydrogens (tertiary/aromatic N) is 6. The van der Waals surface area contributed by atoms with Crippen LogP contribution in [-0.2, 0) is 17.6 Å². The van der Waals surface area contributed by atoms with Crippen molar-refractivity contribution in [2.45, 2.75) is 45.4 Å². The summed E-state index contributed by atoms with van der Waals surface area (Å²) in [5.41, 5.74) is 3.87. The Balaban J connectivity index is 1.37. The van der Waals surface area contributed by atoms with E-state index in [1.165, 1.54) is 5.56 Å². The second-order valence-electron chi connectivity index (χ2n) is 8.69. The standard InChI is InChI=1S/C24H26N6O3/c1-15-19-8-9-20(31)30(13-10-17-6-4-3-5-7-17)23(19)26-22(25-15)18-11-12-29(14-18)24(32)21-16(2)27-33-28-21/h3-7,18H,8-14H2,1-2H3/t18-/m1/s1. The molecule has 1 fully saturated rings. The summed E-state index contributed by atoms with van der Waals surface area (Å²) in [6, 6.07) is 10.2. The van der Waals surface area contributed by atoms with Crippen molar-refractivity contribution in [1.82, 2.24) is 25.2 Å². The Hall–Kier alpha value is -3.62. The molecule has 0 bridgehead atoms. The highest BCUT2D eigenvalue weighted by Crippen LogP contribution is 2.32. The van der Waals surface area contributed by atoms with Crippen LogP contribution in [-0.4, -0.2) is 56.6 Å². The summed E-state index contributed by atoms with van der Waals surface area (Å²) in [5, 5.41) is 7.45. The van der Waals surface area contributed by atoms with E-state index in [1.54, 1.807) is 11.8 Å². The van der Waals surface area contributed by atoms with Crippen LogP contribution in [0.3, 0.4) is 0 Å². The van der Waals surface area contributed by atoms with Gasteiger partial charge in [0.1, 0.15) is 17.3 Å². The molecule has 0 N–H and O–H groups in total. The van der Waals surface area contributed by atoms with Crippen LogP contribution in [0.5, 0.6) is 0 Å². The Labute approximate surface area is 191 Å². The monoisotopic (exact) mass is 446 g/mol. The Kier molecular flexibility index (Phi) is 5.62. The molecule has 9 nitrogen and oxygen atoms in total. The zero-order chi connectivity index (χ0) is 22.9. The largest absolute Gasteiger partial charge is 0.336 e. The van der Waals surface area contributed by atoms with Crippen molar-refractivity contribution >= 4 is 17.6 Å². The fourth-order valence-electron chi connectivity index (χ4n) is 4.63. The molecule has 5 rings (SSSR count). The number of aromatic nitrogens is 4. The molecule has 33 heavy (non-hydrogen) atoms. The van der Waals surface area contributed by atoms with E-state index >= 15 is 0 Å². The van der Waals surface area contributed by atoms with Crippen LogP contribution in [0.1, 0.15) is 57.6 Å². The van der Waals surface area contributed by atoms with E-state index in [9.17, 15) is 9.59 Å². The second kappa shape index (κ2) is 8.73. The van der Waals surface area contributed by atoms with Gasteiger partial charge in [-0.3, -0.25) is 14.5 Å². The number of amides is 2. The van der Waals surface area contributed by atoms with E-state index in [0.717, 1.165) is 29.9 Å². The molecule has 0 radical (unpaired) electrons. The lowest BCUT2D eigenvalue weighted by Gasteiger charge is -2.30. The molecule has 9 heteroatoms. The van der Waals surface area contributed by atoms with Crippen LogP contribution in [0.15, 0.2) is 35.0 Å². The van der Waals surface area contributed by atoms with Crippen molar-refractivity contribution in [3.63, 3.8) is 0 Å². The van der Waals surface area contributed by atoms with E-state index < -0.39 is 0 Å². The highest BCUT2D eigenvalue weighted by Gasteiger charge is 2.34. The molecular formula is C24H26N6O3. The number of hydrogen-bond donors (Lipinski definition) is 0. The van der Waals surface area contributed by atoms with E-state index in [0.29, 0.717) is 44.0 Å². The first-order valence-corrected chi connectivity index (χ1v) is 11.3. The predicted molar refractivity (Wildman–Crippen MR) is 120 cm³/mol. The maximum absolute atomic E-state index is 12.8. The van der Waals surface area contributed by atoms with E-state index in [1.807, 2.05) is 30.0 Å². The average Bonchev–Trinajstić information content (AvgIpc) is 3.48. The SMILES string of the molecule is Cc1nonc1C(=O)N1CC[C@@H](c2nc(C)c3c(n2)N(CCc2ccccc2)C(=O)CC3)C1. The molecule has 170 valence electrons. The summed E-state index contributed by atoms with van der Waals surface area (Å²) >= 11 is 0. The number of carbonyl (C=O) groups excluding carboxylic acids is 2. The van der Waals surface area contributed by atoms with Gasteiger partial charge >= 0.3 is 0 Å². The van der Waals surface area contributed by atoms with Gasteiger partial charge in [0.15, 0.2) is 5.69 Å². The minimum Gasteiger partial charge on any atom is -0.336 e. The molecule has 1 saturated heterocycles. The third-order valence-electron chi connectivity index (χ3n) is 6.52. The van der Waals surface area contributed by atoms with Gasteiger partial charge in [0.2, 0.25) is 5.91 Å². The number of anilines is 1. The van der Waals surface area contributed by atoms with Crippen molar-refractivity contribution in [2.24, 2.45) is 0 Å². The van der Waals surface area contributed by atoms with Gasteiger partial charge in [-0.2, -0.15) is 0 Å². The Bertz CT molecular complexity index is 1190. The summed E-state index contributed by atoms with van der Waals surface area (Å²) in [5.74, 6) is 1.33. The summed E-state index contributed by atoms with van der Waals surface area (Å²) in [6.07, 6.45) is 2.66. The van der Waals surface area contributed by atoms with E-state index in [4.69, 9.17) is 9.97 Å². The lowest BCUT2D eigenvalue weighted by atomic mass is 10.0. The van der Waals surface area contributed by atoms with Crippen LogP contribution in [0.2, 0.25) is 0 Å². The third-order valence-corrected chi connectivity index (χ3v) is 6.52. The maximum Gasteiger partial charge on any atom is 0.278 e. The van der Waals surface area contributed by atoms with Crippen LogP contribution < -0.4 is 4.90 Å². The molecule has 0 saturated carbocycles. The fraction of sp³-hybridized carbons (Fsp3) is 0.417. The van der Waals surface area contributed by atoms with Crippen LogP contribution in [0.4, 0.5) is 5.82 Å². The van der Waals surface area contributed by atoms with Crippen molar-refractivity contribution in [3.05, 3.63) is 64.4 Å². The van der Waals surface area contributed by atoms with E-state index in [2.05, 4.69) is 27.1 Å². The first-order chi connectivity index (χ1) is 16.0. The van der Waals surface area contributed by atoms with E-state index in [-0.39, 0.29) is 23.4 Å². The molecule has 1 atom stereocenters. The van der Waals surface area contributed by atoms with Crippen LogP contribution >= 0.6 is 0 Å². The van der Waals surface area contributed by atoms with Crippen molar-refractivity contribution in [3.8, 4) is 0 Å². The first kappa shape index (κ1) is 21.2. The molecule has 0 spiro atoms. The van der Waals surface area contributed by atoms with Gasteiger partial charge in [0, 0.05) is 43.2 Å². The number of aryl methyl sites for hydroxylation is 2. The van der Waals surface area contributed by atoms with Crippen molar-refractivity contribution < 1.29 is 14.2 Å². The van der Waals surface area contributed by atoms with Gasteiger partial charge in [0.05, 0.1) is 0 Å². The maximum atomic E-state index is 12.8. The van der Waals surface area contributed by atoms with Gasteiger partial charge in [-0.1, -0.05) is 35.5 Å². The minimum atomic E-state index is -0.189. The van der Waals surface area contributed by atoms with Gasteiger partial charge in [-0.05, 0) is 43.8 Å². The highest BCUT2D eigenvalue weighted by molar-refractivity contribution is 5.95. The molecule has 0 aliphatic carbocycles. The third kappa shape index (κ3) is 4.10. The molecule has 4 heterocycles. The lowest BCUT2D eigenvalue weighted by Crippen LogP contribution is -2.38. The average molecular weight is 447 g/mol. The van der Waals surface area contributed by atoms with Crippen molar-refractivity contribution in [1.29, 1.82) is 0 Å². The molecule has 2 amide bonds. The molecule has 2 aromatic heterocycles. The second-order valence-corrected chi connectivity index (χ2v) is 8.69. The first-order valence-electron chi connectivity index (χ1n) is 11.3.